The molecular weight excluding hydrogens is 624 g/mol. The molecule has 5 aromatic rings. The maximum Gasteiger partial charge on any atom is 0.180 e. The molecule has 0 saturated carbocycles. The summed E-state index contributed by atoms with van der Waals surface area (Å²) in [6.45, 7) is 10.6. The highest BCUT2D eigenvalue weighted by Gasteiger charge is 2.20. The Morgan fingerprint density at radius 3 is 1.62 bits per heavy atom. The molecular formula is C42H52N4O4. The van der Waals surface area contributed by atoms with Crippen molar-refractivity contribution >= 4 is 0 Å². The molecule has 0 spiro atoms. The van der Waals surface area contributed by atoms with Gasteiger partial charge in [0.1, 0.15) is 23.0 Å². The third kappa shape index (κ3) is 9.65. The number of aromatic hydroxyl groups is 2. The van der Waals surface area contributed by atoms with Crippen LogP contribution in [-0.2, 0) is 6.54 Å². The lowest BCUT2D eigenvalue weighted by Gasteiger charge is -2.17. The highest BCUT2D eigenvalue weighted by atomic mass is 16.5. The van der Waals surface area contributed by atoms with E-state index in [1.54, 1.807) is 24.3 Å². The Labute approximate surface area is 297 Å². The summed E-state index contributed by atoms with van der Waals surface area (Å²) in [5.41, 5.74) is 2.81. The van der Waals surface area contributed by atoms with Gasteiger partial charge in [-0.2, -0.15) is 0 Å². The number of phenols is 2. The first-order chi connectivity index (χ1) is 24.4. The zero-order valence-electron chi connectivity index (χ0n) is 30.0. The average Bonchev–Trinajstić information content (AvgIpc) is 3.60. The van der Waals surface area contributed by atoms with Crippen LogP contribution < -0.4 is 9.47 Å². The molecule has 0 fully saturated rings. The van der Waals surface area contributed by atoms with Crippen LogP contribution in [0.2, 0.25) is 0 Å². The van der Waals surface area contributed by atoms with E-state index in [1.165, 1.54) is 12.8 Å². The van der Waals surface area contributed by atoms with Gasteiger partial charge in [0, 0.05) is 24.9 Å². The van der Waals surface area contributed by atoms with Crippen molar-refractivity contribution in [3.8, 4) is 57.3 Å². The summed E-state index contributed by atoms with van der Waals surface area (Å²) in [5.74, 6) is 3.15. The lowest BCUT2D eigenvalue weighted by molar-refractivity contribution is 0.232. The van der Waals surface area contributed by atoms with Gasteiger partial charge in [0.25, 0.3) is 0 Å². The van der Waals surface area contributed by atoms with Gasteiger partial charge in [0.05, 0.1) is 30.0 Å². The first kappa shape index (κ1) is 36.4. The van der Waals surface area contributed by atoms with Crippen LogP contribution in [0.15, 0.2) is 85.1 Å². The quantitative estimate of drug-likeness (QED) is 0.0897. The molecule has 0 amide bonds. The van der Waals surface area contributed by atoms with E-state index < -0.39 is 0 Å². The van der Waals surface area contributed by atoms with Crippen molar-refractivity contribution in [3.63, 3.8) is 0 Å². The van der Waals surface area contributed by atoms with Gasteiger partial charge in [-0.25, -0.2) is 15.0 Å². The molecule has 50 heavy (non-hydrogen) atoms. The molecule has 0 aliphatic rings. The monoisotopic (exact) mass is 676 g/mol. The van der Waals surface area contributed by atoms with Crippen molar-refractivity contribution in [1.82, 2.24) is 19.5 Å². The smallest absolute Gasteiger partial charge is 0.180 e. The third-order valence-corrected chi connectivity index (χ3v) is 9.37. The molecule has 2 unspecified atom stereocenters. The van der Waals surface area contributed by atoms with Crippen molar-refractivity contribution in [1.29, 1.82) is 0 Å². The summed E-state index contributed by atoms with van der Waals surface area (Å²) in [4.78, 5) is 14.5. The van der Waals surface area contributed by atoms with E-state index in [0.29, 0.717) is 60.0 Å². The predicted octanol–water partition coefficient (Wildman–Crippen LogP) is 10.3. The van der Waals surface area contributed by atoms with Crippen LogP contribution >= 0.6 is 0 Å². The van der Waals surface area contributed by atoms with Gasteiger partial charge in [0.15, 0.2) is 17.5 Å². The summed E-state index contributed by atoms with van der Waals surface area (Å²) in [6.07, 6.45) is 11.0. The molecule has 0 saturated heterocycles. The van der Waals surface area contributed by atoms with Gasteiger partial charge in [-0.3, -0.25) is 0 Å². The van der Waals surface area contributed by atoms with Crippen LogP contribution in [0.3, 0.4) is 0 Å². The highest BCUT2D eigenvalue weighted by molar-refractivity contribution is 5.72. The number of hydrogen-bond donors (Lipinski definition) is 2. The fourth-order valence-corrected chi connectivity index (χ4v) is 6.07. The Morgan fingerprint density at radius 1 is 0.620 bits per heavy atom. The highest BCUT2D eigenvalue weighted by Crippen LogP contribution is 2.36. The second-order valence-electron chi connectivity index (χ2n) is 13.1. The van der Waals surface area contributed by atoms with Gasteiger partial charge in [0.2, 0.25) is 0 Å². The maximum absolute atomic E-state index is 11.3. The molecule has 2 heterocycles. The molecule has 0 radical (unpaired) electrons. The molecule has 3 aromatic carbocycles. The zero-order chi connectivity index (χ0) is 35.3. The minimum absolute atomic E-state index is 0.00777. The van der Waals surface area contributed by atoms with Gasteiger partial charge in [-0.05, 0) is 66.6 Å². The van der Waals surface area contributed by atoms with E-state index in [0.717, 1.165) is 49.8 Å². The minimum Gasteiger partial charge on any atom is -0.507 e. The number of benzene rings is 3. The SMILES string of the molecule is CCCCC(CC)COc1ccc(-c2nc(-c3ccc(OCC(CC)CCCC)cc3O)nc(-c3cccn3Cc3ccccc3)n2)c(O)c1. The number of hydrogen-bond acceptors (Lipinski definition) is 7. The van der Waals surface area contributed by atoms with E-state index in [4.69, 9.17) is 24.4 Å². The topological polar surface area (TPSA) is 103 Å². The Kier molecular flexibility index (Phi) is 13.3. The fourth-order valence-electron chi connectivity index (χ4n) is 6.07. The third-order valence-electron chi connectivity index (χ3n) is 9.37. The molecule has 8 heteroatoms. The lowest BCUT2D eigenvalue weighted by Crippen LogP contribution is -2.11. The molecule has 2 aromatic heterocycles. The molecule has 2 N–H and O–H groups in total. The van der Waals surface area contributed by atoms with Gasteiger partial charge >= 0.3 is 0 Å². The molecule has 2 atom stereocenters. The molecule has 0 bridgehead atoms. The first-order valence-electron chi connectivity index (χ1n) is 18.3. The van der Waals surface area contributed by atoms with E-state index in [-0.39, 0.29) is 23.1 Å². The number of unbranched alkanes of at least 4 members (excludes halogenated alkanes) is 2. The zero-order valence-corrected chi connectivity index (χ0v) is 30.0. The van der Waals surface area contributed by atoms with Crippen LogP contribution in [0.4, 0.5) is 0 Å². The standard InChI is InChI=1S/C42H52N4O4/c1-5-9-15-30(7-3)28-49-33-20-22-35(38(47)25-33)40-43-41(36-23-21-34(26-39(36)48)50-29-31(8-4)16-10-6-2)45-42(44-40)37-19-14-24-46(37)27-32-17-12-11-13-18-32/h11-14,17-26,30-31,47-48H,5-10,15-16,27-29H2,1-4H3. The second kappa shape index (κ2) is 18.2. The van der Waals surface area contributed by atoms with Crippen molar-refractivity contribution in [3.05, 3.63) is 90.6 Å². The van der Waals surface area contributed by atoms with Gasteiger partial charge in [-0.15, -0.1) is 0 Å². The van der Waals surface area contributed by atoms with Gasteiger partial charge < -0.3 is 24.3 Å². The summed E-state index contributed by atoms with van der Waals surface area (Å²) in [7, 11) is 0. The summed E-state index contributed by atoms with van der Waals surface area (Å²) in [6, 6.07) is 24.6. The Bertz CT molecular complexity index is 1700. The van der Waals surface area contributed by atoms with Crippen molar-refractivity contribution in [2.24, 2.45) is 11.8 Å². The van der Waals surface area contributed by atoms with Crippen molar-refractivity contribution in [2.45, 2.75) is 85.6 Å². The fraction of sp³-hybridized carbons (Fsp3) is 0.405. The van der Waals surface area contributed by atoms with E-state index >= 15 is 0 Å². The van der Waals surface area contributed by atoms with Crippen molar-refractivity contribution in [2.75, 3.05) is 13.2 Å². The first-order valence-corrected chi connectivity index (χ1v) is 18.3. The second-order valence-corrected chi connectivity index (χ2v) is 13.1. The molecule has 0 aliphatic heterocycles. The van der Waals surface area contributed by atoms with E-state index in [2.05, 4.69) is 44.4 Å². The summed E-state index contributed by atoms with van der Waals surface area (Å²) >= 11 is 0. The maximum atomic E-state index is 11.3. The van der Waals surface area contributed by atoms with Crippen LogP contribution in [-0.4, -0.2) is 42.9 Å². The molecule has 8 nitrogen and oxygen atoms in total. The predicted molar refractivity (Wildman–Crippen MR) is 201 cm³/mol. The van der Waals surface area contributed by atoms with E-state index in [9.17, 15) is 10.2 Å². The Balaban J connectivity index is 1.48. The minimum atomic E-state index is 0.00777. The number of phenolic OH excluding ortho intramolecular Hbond substituents is 2. The van der Waals surface area contributed by atoms with E-state index in [1.807, 2.05) is 48.7 Å². The lowest BCUT2D eigenvalue weighted by atomic mass is 10.0. The van der Waals surface area contributed by atoms with Crippen molar-refractivity contribution < 1.29 is 19.7 Å². The summed E-state index contributed by atoms with van der Waals surface area (Å²) in [5, 5.41) is 22.5. The van der Waals surface area contributed by atoms with Crippen LogP contribution in [0.5, 0.6) is 23.0 Å². The molecule has 5 rings (SSSR count). The van der Waals surface area contributed by atoms with Crippen LogP contribution in [0, 0.1) is 11.8 Å². The summed E-state index contributed by atoms with van der Waals surface area (Å²) < 4.78 is 14.3. The normalized spacial score (nSPS) is 12.5. The van der Waals surface area contributed by atoms with Crippen LogP contribution in [0.1, 0.15) is 84.6 Å². The Hall–Kier alpha value is -4.85. The number of aromatic nitrogens is 4. The molecule has 0 aliphatic carbocycles. The average molecular weight is 677 g/mol. The Morgan fingerprint density at radius 2 is 1.14 bits per heavy atom. The number of ether oxygens (including phenoxy) is 2. The van der Waals surface area contributed by atoms with Crippen LogP contribution in [0.25, 0.3) is 34.3 Å². The number of nitrogens with zero attached hydrogens (tertiary/aromatic N) is 4. The molecule has 264 valence electrons. The number of rotatable bonds is 19. The van der Waals surface area contributed by atoms with Gasteiger partial charge in [-0.1, -0.05) is 96.6 Å². The largest absolute Gasteiger partial charge is 0.507 e.